The van der Waals surface area contributed by atoms with Crippen molar-refractivity contribution in [1.29, 1.82) is 0 Å². The van der Waals surface area contributed by atoms with Gasteiger partial charge < -0.3 is 9.67 Å². The molecule has 1 heterocycles. The maximum Gasteiger partial charge on any atom is 0.140 e. The third-order valence-corrected chi connectivity index (χ3v) is 3.71. The van der Waals surface area contributed by atoms with Gasteiger partial charge in [0.1, 0.15) is 5.82 Å². The molecule has 2 atom stereocenters. The Morgan fingerprint density at radius 3 is 2.78 bits per heavy atom. The molecule has 3 rings (SSSR count). The number of imidazole rings is 1. The van der Waals surface area contributed by atoms with Gasteiger partial charge in [-0.1, -0.05) is 30.3 Å². The zero-order valence-corrected chi connectivity index (χ0v) is 10.4. The molecule has 1 saturated carbocycles. The standard InChI is InChI=1S/C15H18N2O/c18-14-8-4-7-13(11-14)17-10-9-16-15(17)12-5-2-1-3-6-12/h1-3,5-6,9-10,13-14,18H,4,7-8,11H2. The summed E-state index contributed by atoms with van der Waals surface area (Å²) in [6, 6.07) is 10.6. The van der Waals surface area contributed by atoms with Gasteiger partial charge in [-0.2, -0.15) is 0 Å². The molecule has 1 fully saturated rings. The first kappa shape index (κ1) is 11.5. The summed E-state index contributed by atoms with van der Waals surface area (Å²) in [6.07, 6.45) is 7.73. The maximum absolute atomic E-state index is 9.81. The van der Waals surface area contributed by atoms with E-state index in [0.717, 1.165) is 37.1 Å². The summed E-state index contributed by atoms with van der Waals surface area (Å²) >= 11 is 0. The lowest BCUT2D eigenvalue weighted by Crippen LogP contribution is -2.22. The van der Waals surface area contributed by atoms with Gasteiger partial charge in [-0.15, -0.1) is 0 Å². The van der Waals surface area contributed by atoms with Crippen molar-refractivity contribution >= 4 is 0 Å². The third-order valence-electron chi connectivity index (χ3n) is 3.71. The first-order chi connectivity index (χ1) is 8.84. The van der Waals surface area contributed by atoms with Crippen LogP contribution in [0.25, 0.3) is 11.4 Å². The highest BCUT2D eigenvalue weighted by Gasteiger charge is 2.23. The van der Waals surface area contributed by atoms with E-state index in [1.807, 2.05) is 30.6 Å². The van der Waals surface area contributed by atoms with Crippen LogP contribution >= 0.6 is 0 Å². The van der Waals surface area contributed by atoms with E-state index in [-0.39, 0.29) is 6.10 Å². The average molecular weight is 242 g/mol. The second-order valence-corrected chi connectivity index (χ2v) is 5.00. The van der Waals surface area contributed by atoms with Gasteiger partial charge in [0.05, 0.1) is 6.10 Å². The number of aliphatic hydroxyl groups excluding tert-OH is 1. The van der Waals surface area contributed by atoms with Gasteiger partial charge in [0.25, 0.3) is 0 Å². The van der Waals surface area contributed by atoms with Crippen LogP contribution in [0, 0.1) is 0 Å². The van der Waals surface area contributed by atoms with Crippen molar-refractivity contribution in [3.05, 3.63) is 42.7 Å². The Bertz CT molecular complexity index is 506. The second-order valence-electron chi connectivity index (χ2n) is 5.00. The minimum atomic E-state index is -0.158. The van der Waals surface area contributed by atoms with Gasteiger partial charge in [-0.25, -0.2) is 4.98 Å². The molecule has 1 N–H and O–H groups in total. The number of hydrogen-bond donors (Lipinski definition) is 1. The van der Waals surface area contributed by atoms with Crippen molar-refractivity contribution in [3.8, 4) is 11.4 Å². The van der Waals surface area contributed by atoms with Crippen molar-refractivity contribution in [3.63, 3.8) is 0 Å². The van der Waals surface area contributed by atoms with E-state index in [9.17, 15) is 5.11 Å². The molecule has 94 valence electrons. The van der Waals surface area contributed by atoms with E-state index in [2.05, 4.69) is 21.7 Å². The molecule has 0 amide bonds. The van der Waals surface area contributed by atoms with Crippen LogP contribution in [0.4, 0.5) is 0 Å². The van der Waals surface area contributed by atoms with Crippen LogP contribution in [0.1, 0.15) is 31.7 Å². The molecule has 18 heavy (non-hydrogen) atoms. The molecule has 0 aliphatic heterocycles. The van der Waals surface area contributed by atoms with Crippen LogP contribution in [0.3, 0.4) is 0 Å². The van der Waals surface area contributed by atoms with E-state index in [4.69, 9.17) is 0 Å². The minimum Gasteiger partial charge on any atom is -0.393 e. The lowest BCUT2D eigenvalue weighted by atomic mass is 9.92. The quantitative estimate of drug-likeness (QED) is 0.879. The number of nitrogens with zero attached hydrogens (tertiary/aromatic N) is 2. The summed E-state index contributed by atoms with van der Waals surface area (Å²) < 4.78 is 2.22. The Labute approximate surface area is 107 Å². The molecule has 0 saturated heterocycles. The summed E-state index contributed by atoms with van der Waals surface area (Å²) in [4.78, 5) is 4.47. The Morgan fingerprint density at radius 1 is 1.17 bits per heavy atom. The van der Waals surface area contributed by atoms with Crippen LogP contribution in [0.2, 0.25) is 0 Å². The van der Waals surface area contributed by atoms with Gasteiger partial charge in [0.15, 0.2) is 0 Å². The molecule has 1 aliphatic rings. The number of rotatable bonds is 2. The second kappa shape index (κ2) is 4.94. The molecule has 1 aliphatic carbocycles. The van der Waals surface area contributed by atoms with Crippen LogP contribution in [0.15, 0.2) is 42.7 Å². The average Bonchev–Trinajstić information content (AvgIpc) is 2.89. The Kier molecular flexibility index (Phi) is 3.15. The molecule has 2 unspecified atom stereocenters. The molecule has 0 radical (unpaired) electrons. The van der Waals surface area contributed by atoms with E-state index in [0.29, 0.717) is 6.04 Å². The van der Waals surface area contributed by atoms with E-state index < -0.39 is 0 Å². The van der Waals surface area contributed by atoms with Crippen molar-refractivity contribution < 1.29 is 5.11 Å². The lowest BCUT2D eigenvalue weighted by molar-refractivity contribution is 0.104. The van der Waals surface area contributed by atoms with Crippen molar-refractivity contribution in [2.75, 3.05) is 0 Å². The lowest BCUT2D eigenvalue weighted by Gasteiger charge is -2.28. The minimum absolute atomic E-state index is 0.158. The summed E-state index contributed by atoms with van der Waals surface area (Å²) in [5, 5.41) is 9.81. The zero-order chi connectivity index (χ0) is 12.4. The smallest absolute Gasteiger partial charge is 0.140 e. The fourth-order valence-corrected chi connectivity index (χ4v) is 2.81. The molecular formula is C15H18N2O. The third kappa shape index (κ3) is 2.18. The first-order valence-corrected chi connectivity index (χ1v) is 6.61. The van der Waals surface area contributed by atoms with Gasteiger partial charge in [-0.05, 0) is 25.7 Å². The largest absolute Gasteiger partial charge is 0.393 e. The number of hydrogen-bond acceptors (Lipinski definition) is 2. The zero-order valence-electron chi connectivity index (χ0n) is 10.4. The van der Waals surface area contributed by atoms with Gasteiger partial charge >= 0.3 is 0 Å². The van der Waals surface area contributed by atoms with Gasteiger partial charge in [0, 0.05) is 24.0 Å². The molecule has 0 bridgehead atoms. The SMILES string of the molecule is OC1CCCC(n2ccnc2-c2ccccc2)C1. The Morgan fingerprint density at radius 2 is 2.00 bits per heavy atom. The monoisotopic (exact) mass is 242 g/mol. The normalized spacial score (nSPS) is 24.1. The Balaban J connectivity index is 1.92. The highest BCUT2D eigenvalue weighted by Crippen LogP contribution is 2.31. The van der Waals surface area contributed by atoms with Crippen LogP contribution in [-0.4, -0.2) is 20.8 Å². The van der Waals surface area contributed by atoms with E-state index in [1.165, 1.54) is 0 Å². The van der Waals surface area contributed by atoms with Crippen LogP contribution in [0.5, 0.6) is 0 Å². The summed E-state index contributed by atoms with van der Waals surface area (Å²) in [6.45, 7) is 0. The highest BCUT2D eigenvalue weighted by atomic mass is 16.3. The predicted octanol–water partition coefficient (Wildman–Crippen LogP) is 3.03. The van der Waals surface area contributed by atoms with Crippen LogP contribution in [-0.2, 0) is 0 Å². The van der Waals surface area contributed by atoms with Crippen molar-refractivity contribution in [1.82, 2.24) is 9.55 Å². The van der Waals surface area contributed by atoms with E-state index in [1.54, 1.807) is 0 Å². The molecule has 0 spiro atoms. The highest BCUT2D eigenvalue weighted by molar-refractivity contribution is 5.55. The van der Waals surface area contributed by atoms with Gasteiger partial charge in [0.2, 0.25) is 0 Å². The first-order valence-electron chi connectivity index (χ1n) is 6.61. The molecular weight excluding hydrogens is 224 g/mol. The van der Waals surface area contributed by atoms with Crippen molar-refractivity contribution in [2.45, 2.75) is 37.8 Å². The Hall–Kier alpha value is -1.61. The molecule has 3 nitrogen and oxygen atoms in total. The molecule has 2 aromatic rings. The fraction of sp³-hybridized carbons (Fsp3) is 0.400. The summed E-state index contributed by atoms with van der Waals surface area (Å²) in [5.41, 5.74) is 1.14. The van der Waals surface area contributed by atoms with Crippen LogP contribution < -0.4 is 0 Å². The molecule has 3 heteroatoms. The summed E-state index contributed by atoms with van der Waals surface area (Å²) in [7, 11) is 0. The number of aliphatic hydroxyl groups is 1. The van der Waals surface area contributed by atoms with Gasteiger partial charge in [-0.3, -0.25) is 0 Å². The summed E-state index contributed by atoms with van der Waals surface area (Å²) in [5.74, 6) is 1.01. The predicted molar refractivity (Wildman–Crippen MR) is 71.2 cm³/mol. The number of aromatic nitrogens is 2. The number of benzene rings is 1. The van der Waals surface area contributed by atoms with E-state index >= 15 is 0 Å². The van der Waals surface area contributed by atoms with Crippen molar-refractivity contribution in [2.24, 2.45) is 0 Å². The molecule has 1 aromatic heterocycles. The molecule has 1 aromatic carbocycles. The topological polar surface area (TPSA) is 38.0 Å². The fourth-order valence-electron chi connectivity index (χ4n) is 2.81. The maximum atomic E-state index is 9.81.